The molecule has 0 saturated carbocycles. The molecule has 0 aromatic carbocycles. The molecule has 2 nitrogen and oxygen atoms in total. The predicted molar refractivity (Wildman–Crippen MR) is 31.4 cm³/mol. The van der Waals surface area contributed by atoms with Crippen molar-refractivity contribution in [1.29, 1.82) is 5.26 Å². The van der Waals surface area contributed by atoms with E-state index in [1.807, 2.05) is 0 Å². The standard InChI is InChI=1S/C6H6F3NO/c1-4(3-10)5(11-2)6(7,8)9/h1-2H3/b5-4-. The molecule has 0 aliphatic heterocycles. The van der Waals surface area contributed by atoms with Crippen molar-refractivity contribution >= 4 is 0 Å². The molecule has 0 N–H and O–H groups in total. The average molecular weight is 165 g/mol. The van der Waals surface area contributed by atoms with Gasteiger partial charge in [-0.1, -0.05) is 0 Å². The van der Waals surface area contributed by atoms with Crippen LogP contribution in [0.5, 0.6) is 0 Å². The molecule has 0 atom stereocenters. The molecule has 5 heteroatoms. The summed E-state index contributed by atoms with van der Waals surface area (Å²) in [5.74, 6) is -1.24. The molecule has 62 valence electrons. The van der Waals surface area contributed by atoms with Gasteiger partial charge in [-0.25, -0.2) is 0 Å². The van der Waals surface area contributed by atoms with E-state index in [-0.39, 0.29) is 0 Å². The Balaban J connectivity index is 4.85. The zero-order chi connectivity index (χ0) is 9.07. The van der Waals surface area contributed by atoms with Gasteiger partial charge < -0.3 is 4.74 Å². The molecule has 0 amide bonds. The molecule has 11 heavy (non-hydrogen) atoms. The first-order chi connectivity index (χ1) is 4.93. The summed E-state index contributed by atoms with van der Waals surface area (Å²) in [6.45, 7) is 1.05. The molecule has 0 rings (SSSR count). The van der Waals surface area contributed by atoms with Crippen LogP contribution in [0.4, 0.5) is 13.2 Å². The van der Waals surface area contributed by atoms with Gasteiger partial charge in [0.25, 0.3) is 0 Å². The number of halogens is 3. The fourth-order valence-electron chi connectivity index (χ4n) is 0.532. The van der Waals surface area contributed by atoms with E-state index >= 15 is 0 Å². The van der Waals surface area contributed by atoms with E-state index in [4.69, 9.17) is 5.26 Å². The Morgan fingerprint density at radius 3 is 2.00 bits per heavy atom. The number of ether oxygens (including phenoxy) is 1. The Hall–Kier alpha value is -1.18. The highest BCUT2D eigenvalue weighted by atomic mass is 19.4. The van der Waals surface area contributed by atoms with Crippen molar-refractivity contribution in [3.63, 3.8) is 0 Å². The summed E-state index contributed by atoms with van der Waals surface area (Å²) in [6.07, 6.45) is -4.57. The van der Waals surface area contributed by atoms with Crippen molar-refractivity contribution in [2.75, 3.05) is 7.11 Å². The van der Waals surface area contributed by atoms with Gasteiger partial charge in [0, 0.05) is 0 Å². The van der Waals surface area contributed by atoms with Crippen molar-refractivity contribution in [3.05, 3.63) is 11.3 Å². The number of rotatable bonds is 1. The lowest BCUT2D eigenvalue weighted by Crippen LogP contribution is -2.14. The minimum Gasteiger partial charge on any atom is -0.492 e. The number of allylic oxidation sites excluding steroid dienone is 2. The Labute approximate surface area is 61.9 Å². The highest BCUT2D eigenvalue weighted by Crippen LogP contribution is 2.28. The molecule has 0 heterocycles. The average Bonchev–Trinajstić information content (AvgIpc) is 1.86. The third-order valence-electron chi connectivity index (χ3n) is 0.970. The van der Waals surface area contributed by atoms with Crippen LogP contribution in [0.15, 0.2) is 11.3 Å². The maximum absolute atomic E-state index is 11.8. The molecule has 0 fully saturated rings. The fraction of sp³-hybridized carbons (Fsp3) is 0.500. The van der Waals surface area contributed by atoms with Crippen LogP contribution in [0.1, 0.15) is 6.92 Å². The Morgan fingerprint density at radius 1 is 1.45 bits per heavy atom. The van der Waals surface area contributed by atoms with Crippen molar-refractivity contribution in [3.8, 4) is 6.07 Å². The van der Waals surface area contributed by atoms with Crippen molar-refractivity contribution in [2.24, 2.45) is 0 Å². The number of hydrogen-bond acceptors (Lipinski definition) is 2. The lowest BCUT2D eigenvalue weighted by molar-refractivity contribution is -0.126. The second-order valence-corrected chi connectivity index (χ2v) is 1.77. The fourth-order valence-corrected chi connectivity index (χ4v) is 0.532. The topological polar surface area (TPSA) is 33.0 Å². The number of hydrogen-bond donors (Lipinski definition) is 0. The largest absolute Gasteiger partial charge is 0.492 e. The predicted octanol–water partition coefficient (Wildman–Crippen LogP) is 1.99. The third kappa shape index (κ3) is 2.50. The number of nitrogens with zero attached hydrogens (tertiary/aromatic N) is 1. The van der Waals surface area contributed by atoms with Gasteiger partial charge in [0.2, 0.25) is 5.76 Å². The molecule has 0 spiro atoms. The molecular formula is C6H6F3NO. The maximum atomic E-state index is 11.8. The van der Waals surface area contributed by atoms with Gasteiger partial charge in [-0.15, -0.1) is 0 Å². The lowest BCUT2D eigenvalue weighted by Gasteiger charge is -2.09. The Morgan fingerprint density at radius 2 is 1.91 bits per heavy atom. The highest BCUT2D eigenvalue weighted by Gasteiger charge is 2.37. The summed E-state index contributed by atoms with van der Waals surface area (Å²) < 4.78 is 39.5. The van der Waals surface area contributed by atoms with Crippen molar-refractivity contribution < 1.29 is 17.9 Å². The van der Waals surface area contributed by atoms with E-state index < -0.39 is 17.5 Å². The van der Waals surface area contributed by atoms with Gasteiger partial charge >= 0.3 is 6.18 Å². The number of nitriles is 1. The molecule has 0 bridgehead atoms. The van der Waals surface area contributed by atoms with E-state index in [0.717, 1.165) is 14.0 Å². The zero-order valence-corrected chi connectivity index (χ0v) is 5.99. The van der Waals surface area contributed by atoms with Crippen LogP contribution in [0.3, 0.4) is 0 Å². The van der Waals surface area contributed by atoms with Crippen LogP contribution in [-0.2, 0) is 4.74 Å². The SMILES string of the molecule is CO/C(=C(/C)C#N)C(F)(F)F. The van der Waals surface area contributed by atoms with Crippen molar-refractivity contribution in [1.82, 2.24) is 0 Å². The second-order valence-electron chi connectivity index (χ2n) is 1.77. The molecule has 0 aliphatic carbocycles. The van der Waals surface area contributed by atoms with E-state index in [9.17, 15) is 13.2 Å². The van der Waals surface area contributed by atoms with Crippen LogP contribution in [0, 0.1) is 11.3 Å². The minimum atomic E-state index is -4.57. The number of methoxy groups -OCH3 is 1. The van der Waals surface area contributed by atoms with Gasteiger partial charge in [0.05, 0.1) is 18.8 Å². The van der Waals surface area contributed by atoms with Gasteiger partial charge in [-0.2, -0.15) is 18.4 Å². The quantitative estimate of drug-likeness (QED) is 0.439. The first kappa shape index (κ1) is 9.82. The molecular weight excluding hydrogens is 159 g/mol. The summed E-state index contributed by atoms with van der Waals surface area (Å²) in [7, 11) is 0.879. The van der Waals surface area contributed by atoms with Crippen LogP contribution >= 0.6 is 0 Å². The Bertz CT molecular complexity index is 211. The van der Waals surface area contributed by atoms with Crippen LogP contribution in [0.2, 0.25) is 0 Å². The molecule has 0 aromatic heterocycles. The van der Waals surface area contributed by atoms with Gasteiger partial charge in [0.15, 0.2) is 0 Å². The van der Waals surface area contributed by atoms with E-state index in [1.165, 1.54) is 6.07 Å². The first-order valence-corrected chi connectivity index (χ1v) is 2.65. The van der Waals surface area contributed by atoms with Gasteiger partial charge in [-0.3, -0.25) is 0 Å². The summed E-state index contributed by atoms with van der Waals surface area (Å²) in [5, 5.41) is 8.11. The second kappa shape index (κ2) is 3.28. The van der Waals surface area contributed by atoms with E-state index in [0.29, 0.717) is 0 Å². The van der Waals surface area contributed by atoms with Crippen LogP contribution in [0.25, 0.3) is 0 Å². The van der Waals surface area contributed by atoms with Crippen LogP contribution < -0.4 is 0 Å². The summed E-state index contributed by atoms with van der Waals surface area (Å²) in [5.41, 5.74) is -0.472. The smallest absolute Gasteiger partial charge is 0.449 e. The zero-order valence-electron chi connectivity index (χ0n) is 5.99. The molecule has 0 unspecified atom stereocenters. The summed E-state index contributed by atoms with van der Waals surface area (Å²) in [4.78, 5) is 0. The minimum absolute atomic E-state index is 0.472. The van der Waals surface area contributed by atoms with Crippen LogP contribution in [-0.4, -0.2) is 13.3 Å². The molecule has 0 aromatic rings. The molecule has 0 saturated heterocycles. The molecule has 0 aliphatic rings. The first-order valence-electron chi connectivity index (χ1n) is 2.65. The Kier molecular flexibility index (Phi) is 2.93. The van der Waals surface area contributed by atoms with Crippen molar-refractivity contribution in [2.45, 2.75) is 13.1 Å². The lowest BCUT2D eigenvalue weighted by atomic mass is 10.3. The summed E-state index contributed by atoms with van der Waals surface area (Å²) >= 11 is 0. The normalized spacial score (nSPS) is 13.5. The maximum Gasteiger partial charge on any atom is 0.449 e. The third-order valence-corrected chi connectivity index (χ3v) is 0.970. The summed E-state index contributed by atoms with van der Waals surface area (Å²) in [6, 6.07) is 1.36. The highest BCUT2D eigenvalue weighted by molar-refractivity contribution is 5.24. The van der Waals surface area contributed by atoms with E-state index in [1.54, 1.807) is 0 Å². The number of alkyl halides is 3. The van der Waals surface area contributed by atoms with Gasteiger partial charge in [-0.05, 0) is 6.92 Å². The monoisotopic (exact) mass is 165 g/mol. The molecule has 0 radical (unpaired) electrons. The van der Waals surface area contributed by atoms with E-state index in [2.05, 4.69) is 4.74 Å². The van der Waals surface area contributed by atoms with Gasteiger partial charge in [0.1, 0.15) is 0 Å².